The molecule has 0 heterocycles. The number of fused-ring (bicyclic) bond motifs is 1. The van der Waals surface area contributed by atoms with Crippen LogP contribution in [-0.2, 0) is 0 Å². The highest BCUT2D eigenvalue weighted by Gasteiger charge is 2.05. The van der Waals surface area contributed by atoms with E-state index >= 15 is 0 Å². The predicted octanol–water partition coefficient (Wildman–Crippen LogP) is 3.93. The molecule has 2 rings (SSSR count). The largest absolute Gasteiger partial charge is 0.206 e. The summed E-state index contributed by atoms with van der Waals surface area (Å²) >= 11 is 0. The minimum atomic E-state index is -0.172. The quantitative estimate of drug-likeness (QED) is 0.633. The molecule has 0 aliphatic carbocycles. The van der Waals surface area contributed by atoms with Gasteiger partial charge < -0.3 is 0 Å². The second-order valence-corrected chi connectivity index (χ2v) is 3.34. The van der Waals surface area contributed by atoms with Gasteiger partial charge in [-0.2, -0.15) is 0 Å². The third-order valence-corrected chi connectivity index (χ3v) is 2.45. The van der Waals surface area contributed by atoms with Crippen molar-refractivity contribution in [1.82, 2.24) is 0 Å². The van der Waals surface area contributed by atoms with Gasteiger partial charge in [-0.05, 0) is 29.5 Å². The van der Waals surface area contributed by atoms with Crippen molar-refractivity contribution < 1.29 is 4.39 Å². The first-order valence-corrected chi connectivity index (χ1v) is 4.54. The molecule has 0 saturated carbocycles. The van der Waals surface area contributed by atoms with Gasteiger partial charge in [0.25, 0.3) is 0 Å². The number of halogens is 1. The van der Waals surface area contributed by atoms with E-state index in [1.807, 2.05) is 19.1 Å². The average molecular weight is 186 g/mol. The fraction of sp³-hybridized carbons (Fsp3) is 0.0769. The summed E-state index contributed by atoms with van der Waals surface area (Å²) in [5.41, 5.74) is 2.07. The Morgan fingerprint density at radius 3 is 2.71 bits per heavy atom. The molecule has 0 aromatic heterocycles. The number of hydrogen-bond donors (Lipinski definition) is 0. The van der Waals surface area contributed by atoms with E-state index < -0.39 is 0 Å². The van der Waals surface area contributed by atoms with Crippen molar-refractivity contribution in [3.63, 3.8) is 0 Å². The summed E-state index contributed by atoms with van der Waals surface area (Å²) in [6.07, 6.45) is 1.76. The van der Waals surface area contributed by atoms with Gasteiger partial charge in [0.15, 0.2) is 0 Å². The zero-order valence-electron chi connectivity index (χ0n) is 8.05. The molecule has 2 aromatic carbocycles. The number of hydrogen-bond acceptors (Lipinski definition) is 0. The summed E-state index contributed by atoms with van der Waals surface area (Å²) in [4.78, 5) is 0. The van der Waals surface area contributed by atoms with Gasteiger partial charge in [-0.15, -0.1) is 0 Å². The Kier molecular flexibility index (Phi) is 2.08. The van der Waals surface area contributed by atoms with Gasteiger partial charge in [-0.3, -0.25) is 0 Å². The van der Waals surface area contributed by atoms with Crippen LogP contribution in [-0.4, -0.2) is 0 Å². The van der Waals surface area contributed by atoms with E-state index in [9.17, 15) is 4.39 Å². The summed E-state index contributed by atoms with van der Waals surface area (Å²) < 4.78 is 13.4. The Balaban J connectivity index is 2.99. The molecule has 0 radical (unpaired) electrons. The zero-order valence-corrected chi connectivity index (χ0v) is 8.05. The smallest absolute Gasteiger partial charge is 0.131 e. The zero-order chi connectivity index (χ0) is 10.1. The molecule has 1 heteroatoms. The van der Waals surface area contributed by atoms with Gasteiger partial charge >= 0.3 is 0 Å². The van der Waals surface area contributed by atoms with Crippen LogP contribution in [0.2, 0.25) is 0 Å². The first-order valence-electron chi connectivity index (χ1n) is 4.54. The van der Waals surface area contributed by atoms with Gasteiger partial charge in [0, 0.05) is 5.39 Å². The van der Waals surface area contributed by atoms with Crippen molar-refractivity contribution in [1.29, 1.82) is 0 Å². The van der Waals surface area contributed by atoms with Crippen molar-refractivity contribution in [3.05, 3.63) is 53.9 Å². The molecule has 0 unspecified atom stereocenters. The summed E-state index contributed by atoms with van der Waals surface area (Å²) in [6.45, 7) is 5.71. The molecule has 0 fully saturated rings. The number of benzene rings is 2. The summed E-state index contributed by atoms with van der Waals surface area (Å²) in [7, 11) is 0. The lowest BCUT2D eigenvalue weighted by Gasteiger charge is -2.06. The maximum Gasteiger partial charge on any atom is 0.131 e. The maximum absolute atomic E-state index is 13.4. The molecule has 0 atom stereocenters. The topological polar surface area (TPSA) is 0 Å². The van der Waals surface area contributed by atoms with E-state index in [1.54, 1.807) is 18.2 Å². The van der Waals surface area contributed by atoms with Crippen molar-refractivity contribution in [2.45, 2.75) is 6.92 Å². The Labute approximate surface area is 82.7 Å². The van der Waals surface area contributed by atoms with Crippen LogP contribution in [0.25, 0.3) is 16.8 Å². The van der Waals surface area contributed by atoms with Crippen LogP contribution in [0.3, 0.4) is 0 Å². The van der Waals surface area contributed by atoms with Gasteiger partial charge in [0.05, 0.1) is 0 Å². The molecule has 0 amide bonds. The molecule has 0 nitrogen and oxygen atoms in total. The predicted molar refractivity (Wildman–Crippen MR) is 58.7 cm³/mol. The van der Waals surface area contributed by atoms with Gasteiger partial charge in [0.2, 0.25) is 0 Å². The highest BCUT2D eigenvalue weighted by atomic mass is 19.1. The van der Waals surface area contributed by atoms with Crippen molar-refractivity contribution in [3.8, 4) is 0 Å². The van der Waals surface area contributed by atoms with Crippen molar-refractivity contribution >= 4 is 16.8 Å². The van der Waals surface area contributed by atoms with E-state index in [4.69, 9.17) is 0 Å². The van der Waals surface area contributed by atoms with E-state index in [1.165, 1.54) is 6.07 Å². The second kappa shape index (κ2) is 3.26. The molecule has 2 aromatic rings. The fourth-order valence-electron chi connectivity index (χ4n) is 1.76. The molecule has 0 aliphatic heterocycles. The summed E-state index contributed by atoms with van der Waals surface area (Å²) in [6, 6.07) is 8.89. The molecule has 0 saturated heterocycles. The van der Waals surface area contributed by atoms with Crippen LogP contribution in [0.4, 0.5) is 4.39 Å². The Hall–Kier alpha value is -1.63. The maximum atomic E-state index is 13.4. The number of aryl methyl sites for hydroxylation is 1. The molecule has 0 spiro atoms. The fourth-order valence-corrected chi connectivity index (χ4v) is 1.76. The normalized spacial score (nSPS) is 10.4. The van der Waals surface area contributed by atoms with E-state index in [0.29, 0.717) is 5.39 Å². The van der Waals surface area contributed by atoms with Crippen LogP contribution in [0.1, 0.15) is 11.1 Å². The minimum absolute atomic E-state index is 0.172. The highest BCUT2D eigenvalue weighted by molar-refractivity contribution is 5.93. The Bertz CT molecular complexity index is 498. The van der Waals surface area contributed by atoms with Crippen LogP contribution < -0.4 is 0 Å². The molecule has 0 N–H and O–H groups in total. The van der Waals surface area contributed by atoms with Crippen LogP contribution in [0, 0.1) is 12.7 Å². The van der Waals surface area contributed by atoms with E-state index in [2.05, 4.69) is 6.58 Å². The lowest BCUT2D eigenvalue weighted by molar-refractivity contribution is 0.640. The lowest BCUT2D eigenvalue weighted by Crippen LogP contribution is -1.86. The molecular formula is C13H11F. The van der Waals surface area contributed by atoms with E-state index in [0.717, 1.165) is 16.5 Å². The SMILES string of the molecule is C=Cc1ccc(F)c2cccc(C)c12. The lowest BCUT2D eigenvalue weighted by atomic mass is 10.00. The van der Waals surface area contributed by atoms with Crippen LogP contribution in [0.5, 0.6) is 0 Å². The number of rotatable bonds is 1. The first kappa shape index (κ1) is 8.95. The van der Waals surface area contributed by atoms with Gasteiger partial charge in [-0.1, -0.05) is 36.9 Å². The molecule has 0 aliphatic rings. The molecular weight excluding hydrogens is 175 g/mol. The molecule has 14 heavy (non-hydrogen) atoms. The van der Waals surface area contributed by atoms with E-state index in [-0.39, 0.29) is 5.82 Å². The van der Waals surface area contributed by atoms with Gasteiger partial charge in [-0.25, -0.2) is 4.39 Å². The minimum Gasteiger partial charge on any atom is -0.206 e. The first-order chi connectivity index (χ1) is 6.74. The summed E-state index contributed by atoms with van der Waals surface area (Å²) in [5.74, 6) is -0.172. The monoisotopic (exact) mass is 186 g/mol. The Morgan fingerprint density at radius 1 is 1.21 bits per heavy atom. The third-order valence-electron chi connectivity index (χ3n) is 2.45. The summed E-state index contributed by atoms with van der Waals surface area (Å²) in [5, 5.41) is 1.63. The van der Waals surface area contributed by atoms with Crippen LogP contribution >= 0.6 is 0 Å². The van der Waals surface area contributed by atoms with Crippen LogP contribution in [0.15, 0.2) is 36.9 Å². The van der Waals surface area contributed by atoms with Crippen molar-refractivity contribution in [2.24, 2.45) is 0 Å². The van der Waals surface area contributed by atoms with Gasteiger partial charge in [0.1, 0.15) is 5.82 Å². The standard InChI is InChI=1S/C13H11F/c1-3-10-7-8-12(14)11-6-4-5-9(2)13(10)11/h3-8H,1H2,2H3. The molecule has 0 bridgehead atoms. The van der Waals surface area contributed by atoms with Crippen molar-refractivity contribution in [2.75, 3.05) is 0 Å². The third kappa shape index (κ3) is 1.22. The average Bonchev–Trinajstić information content (AvgIpc) is 2.20. The Morgan fingerprint density at radius 2 is 2.00 bits per heavy atom. The highest BCUT2D eigenvalue weighted by Crippen LogP contribution is 2.25. The molecule has 70 valence electrons. The second-order valence-electron chi connectivity index (χ2n) is 3.34.